The van der Waals surface area contributed by atoms with Crippen LogP contribution in [0.15, 0.2) is 24.3 Å². The van der Waals surface area contributed by atoms with Gasteiger partial charge in [0.05, 0.1) is 11.4 Å². The first kappa shape index (κ1) is 15.5. The van der Waals surface area contributed by atoms with Gasteiger partial charge in [0.2, 0.25) is 6.41 Å². The quantitative estimate of drug-likeness (QED) is 0.766. The molecule has 0 saturated carbocycles. The van der Waals surface area contributed by atoms with Gasteiger partial charge in [-0.1, -0.05) is 39.3 Å². The second-order valence-corrected chi connectivity index (χ2v) is 3.55. The molecule has 0 heterocycles. The van der Waals surface area contributed by atoms with Crippen LogP contribution < -0.4 is 10.2 Å². The molecule has 0 spiro atoms. The Morgan fingerprint density at radius 1 is 1.29 bits per heavy atom. The predicted molar refractivity (Wildman–Crippen MR) is 75.7 cm³/mol. The first-order chi connectivity index (χ1) is 8.29. The number of carbonyl (C=O) groups is 1. The highest BCUT2D eigenvalue weighted by molar-refractivity contribution is 5.81. The van der Waals surface area contributed by atoms with Gasteiger partial charge in [0.25, 0.3) is 0 Å². The number of anilines is 2. The van der Waals surface area contributed by atoms with Gasteiger partial charge in [0.15, 0.2) is 0 Å². The summed E-state index contributed by atoms with van der Waals surface area (Å²) in [5, 5.41) is 2.71. The Balaban J connectivity index is 0.00000121. The highest BCUT2D eigenvalue weighted by atomic mass is 16.1. The number of carbonyl (C=O) groups excluding carboxylic acids is 1. The monoisotopic (exact) mass is 236 g/mol. The standard InChI is InChI=1S/C12H18N2O.C2H6/c1-3-4-9-14(2)12-8-6-5-7-11(12)13-10-15;1-2/h5-8,10H,3-4,9H2,1-2H3,(H,13,15);1-2H3. The minimum Gasteiger partial charge on any atom is -0.373 e. The molecule has 1 aromatic rings. The summed E-state index contributed by atoms with van der Waals surface area (Å²) in [7, 11) is 2.04. The highest BCUT2D eigenvalue weighted by Crippen LogP contribution is 2.23. The average molecular weight is 236 g/mol. The van der Waals surface area contributed by atoms with Crippen LogP contribution in [0.4, 0.5) is 11.4 Å². The molecule has 96 valence electrons. The van der Waals surface area contributed by atoms with Crippen LogP contribution in [0.5, 0.6) is 0 Å². The lowest BCUT2D eigenvalue weighted by Crippen LogP contribution is -2.19. The van der Waals surface area contributed by atoms with E-state index in [1.807, 2.05) is 45.2 Å². The van der Waals surface area contributed by atoms with Crippen LogP contribution in [0.25, 0.3) is 0 Å². The fraction of sp³-hybridized carbons (Fsp3) is 0.500. The van der Waals surface area contributed by atoms with Crippen molar-refractivity contribution in [3.63, 3.8) is 0 Å². The van der Waals surface area contributed by atoms with E-state index in [4.69, 9.17) is 0 Å². The van der Waals surface area contributed by atoms with Gasteiger partial charge in [-0.05, 0) is 18.6 Å². The minimum absolute atomic E-state index is 0.715. The molecule has 1 amide bonds. The third-order valence-corrected chi connectivity index (χ3v) is 2.38. The first-order valence-electron chi connectivity index (χ1n) is 6.30. The molecule has 0 aliphatic heterocycles. The predicted octanol–water partition coefficient (Wildman–Crippen LogP) is 3.52. The zero-order valence-electron chi connectivity index (χ0n) is 11.4. The molecule has 1 N–H and O–H groups in total. The van der Waals surface area contributed by atoms with E-state index >= 15 is 0 Å². The number of hydrogen-bond donors (Lipinski definition) is 1. The van der Waals surface area contributed by atoms with E-state index in [2.05, 4.69) is 17.1 Å². The van der Waals surface area contributed by atoms with Gasteiger partial charge in [0.1, 0.15) is 0 Å². The molecule has 0 unspecified atom stereocenters. The van der Waals surface area contributed by atoms with Crippen molar-refractivity contribution in [3.05, 3.63) is 24.3 Å². The van der Waals surface area contributed by atoms with Crippen LogP contribution in [0, 0.1) is 0 Å². The molecule has 0 saturated heterocycles. The van der Waals surface area contributed by atoms with E-state index in [9.17, 15) is 4.79 Å². The second kappa shape index (κ2) is 9.70. The molecule has 3 nitrogen and oxygen atoms in total. The fourth-order valence-electron chi connectivity index (χ4n) is 1.51. The van der Waals surface area contributed by atoms with Crippen molar-refractivity contribution in [2.45, 2.75) is 33.6 Å². The molecule has 0 radical (unpaired) electrons. The van der Waals surface area contributed by atoms with Crippen molar-refractivity contribution in [3.8, 4) is 0 Å². The number of hydrogen-bond acceptors (Lipinski definition) is 2. The van der Waals surface area contributed by atoms with E-state index in [0.29, 0.717) is 6.41 Å². The van der Waals surface area contributed by atoms with Gasteiger partial charge in [-0.3, -0.25) is 4.79 Å². The molecule has 17 heavy (non-hydrogen) atoms. The third-order valence-electron chi connectivity index (χ3n) is 2.38. The average Bonchev–Trinajstić information content (AvgIpc) is 2.39. The van der Waals surface area contributed by atoms with E-state index in [1.165, 1.54) is 6.42 Å². The number of rotatable bonds is 6. The number of unbranched alkanes of at least 4 members (excludes halogenated alkanes) is 1. The summed E-state index contributed by atoms with van der Waals surface area (Å²) in [6.45, 7) is 7.18. The second-order valence-electron chi connectivity index (χ2n) is 3.55. The van der Waals surface area contributed by atoms with Crippen molar-refractivity contribution >= 4 is 17.8 Å². The summed E-state index contributed by atoms with van der Waals surface area (Å²) in [4.78, 5) is 12.6. The fourth-order valence-corrected chi connectivity index (χ4v) is 1.51. The van der Waals surface area contributed by atoms with Crippen molar-refractivity contribution in [1.82, 2.24) is 0 Å². The Morgan fingerprint density at radius 3 is 2.53 bits per heavy atom. The summed E-state index contributed by atoms with van der Waals surface area (Å²) in [6.07, 6.45) is 3.05. The molecule has 0 atom stereocenters. The van der Waals surface area contributed by atoms with E-state index in [0.717, 1.165) is 24.3 Å². The lowest BCUT2D eigenvalue weighted by molar-refractivity contribution is -0.105. The van der Waals surface area contributed by atoms with Gasteiger partial charge in [-0.2, -0.15) is 0 Å². The SMILES string of the molecule is CC.CCCCN(C)c1ccccc1NC=O. The third kappa shape index (κ3) is 5.38. The van der Waals surface area contributed by atoms with Crippen LogP contribution in [-0.2, 0) is 4.79 Å². The maximum atomic E-state index is 10.4. The highest BCUT2D eigenvalue weighted by Gasteiger charge is 2.04. The summed E-state index contributed by atoms with van der Waals surface area (Å²) >= 11 is 0. The molecule has 0 bridgehead atoms. The van der Waals surface area contributed by atoms with Crippen molar-refractivity contribution < 1.29 is 4.79 Å². The Morgan fingerprint density at radius 2 is 1.94 bits per heavy atom. The zero-order valence-corrected chi connectivity index (χ0v) is 11.4. The smallest absolute Gasteiger partial charge is 0.211 e. The van der Waals surface area contributed by atoms with Crippen molar-refractivity contribution in [1.29, 1.82) is 0 Å². The Bertz CT molecular complexity index is 313. The summed E-state index contributed by atoms with van der Waals surface area (Å²) < 4.78 is 0. The molecule has 0 aliphatic carbocycles. The number of nitrogens with one attached hydrogen (secondary N) is 1. The molecule has 0 fully saturated rings. The van der Waals surface area contributed by atoms with Crippen LogP contribution in [0.1, 0.15) is 33.6 Å². The van der Waals surface area contributed by atoms with Gasteiger partial charge >= 0.3 is 0 Å². The van der Waals surface area contributed by atoms with Crippen LogP contribution in [0.3, 0.4) is 0 Å². The summed E-state index contributed by atoms with van der Waals surface area (Å²) in [5.41, 5.74) is 1.93. The van der Waals surface area contributed by atoms with E-state index in [-0.39, 0.29) is 0 Å². The lowest BCUT2D eigenvalue weighted by Gasteiger charge is -2.21. The largest absolute Gasteiger partial charge is 0.373 e. The molecule has 1 rings (SSSR count). The van der Waals surface area contributed by atoms with Crippen molar-refractivity contribution in [2.24, 2.45) is 0 Å². The molecule has 3 heteroatoms. The van der Waals surface area contributed by atoms with Gasteiger partial charge in [-0.15, -0.1) is 0 Å². The molecular formula is C14H24N2O. The van der Waals surface area contributed by atoms with E-state index < -0.39 is 0 Å². The Labute approximate surface area is 105 Å². The maximum Gasteiger partial charge on any atom is 0.211 e. The van der Waals surface area contributed by atoms with Gasteiger partial charge in [0, 0.05) is 13.6 Å². The molecule has 0 aliphatic rings. The molecule has 0 aromatic heterocycles. The Kier molecular flexibility index (Phi) is 8.84. The first-order valence-corrected chi connectivity index (χ1v) is 6.30. The number of benzene rings is 1. The minimum atomic E-state index is 0.715. The maximum absolute atomic E-state index is 10.4. The van der Waals surface area contributed by atoms with E-state index in [1.54, 1.807) is 0 Å². The topological polar surface area (TPSA) is 32.3 Å². The number of para-hydroxylation sites is 2. The molecule has 1 aromatic carbocycles. The number of nitrogens with zero attached hydrogens (tertiary/aromatic N) is 1. The summed E-state index contributed by atoms with van der Waals surface area (Å²) in [5.74, 6) is 0. The van der Waals surface area contributed by atoms with Gasteiger partial charge in [-0.25, -0.2) is 0 Å². The lowest BCUT2D eigenvalue weighted by atomic mass is 10.2. The van der Waals surface area contributed by atoms with Crippen LogP contribution in [-0.4, -0.2) is 20.0 Å². The normalized spacial score (nSPS) is 8.94. The van der Waals surface area contributed by atoms with Crippen LogP contribution in [0.2, 0.25) is 0 Å². The molecular weight excluding hydrogens is 212 g/mol. The van der Waals surface area contributed by atoms with Crippen molar-refractivity contribution in [2.75, 3.05) is 23.8 Å². The Hall–Kier alpha value is -1.51. The van der Waals surface area contributed by atoms with Crippen LogP contribution >= 0.6 is 0 Å². The zero-order chi connectivity index (χ0) is 13.1. The van der Waals surface area contributed by atoms with Gasteiger partial charge < -0.3 is 10.2 Å². The summed E-state index contributed by atoms with van der Waals surface area (Å²) in [6, 6.07) is 7.82. The number of amides is 1.